The van der Waals surface area contributed by atoms with Gasteiger partial charge in [0, 0.05) is 12.3 Å². The Morgan fingerprint density at radius 3 is 2.78 bits per heavy atom. The van der Waals surface area contributed by atoms with Gasteiger partial charge in [0.2, 0.25) is 0 Å². The maximum atomic E-state index is 5.47. The Kier molecular flexibility index (Phi) is 4.61. The number of rotatable bonds is 5. The first-order valence-corrected chi connectivity index (χ1v) is 6.44. The first-order chi connectivity index (χ1) is 8.79. The summed E-state index contributed by atoms with van der Waals surface area (Å²) < 4.78 is 6.06. The van der Waals surface area contributed by atoms with Crippen LogP contribution in [0.3, 0.4) is 0 Å². The third kappa shape index (κ3) is 3.48. The zero-order valence-electron chi connectivity index (χ0n) is 10.3. The molecule has 0 aliphatic carbocycles. The molecule has 1 aromatic carbocycles. The maximum Gasteiger partial charge on any atom is 0.134 e. The number of hydrogen-bond acceptors (Lipinski definition) is 3. The first-order valence-electron chi connectivity index (χ1n) is 6.03. The molecule has 94 valence electrons. The van der Waals surface area contributed by atoms with Crippen LogP contribution >= 0.6 is 12.2 Å². The summed E-state index contributed by atoms with van der Waals surface area (Å²) in [4.78, 5) is 7.52. The van der Waals surface area contributed by atoms with E-state index in [4.69, 9.17) is 17.0 Å². The van der Waals surface area contributed by atoms with E-state index in [0.29, 0.717) is 11.2 Å². The number of ether oxygens (including phenoxy) is 1. The van der Waals surface area contributed by atoms with E-state index in [9.17, 15) is 0 Å². The van der Waals surface area contributed by atoms with Crippen LogP contribution in [0.15, 0.2) is 36.4 Å². The van der Waals surface area contributed by atoms with Crippen molar-refractivity contribution in [1.29, 1.82) is 0 Å². The van der Waals surface area contributed by atoms with Crippen molar-refractivity contribution in [2.24, 2.45) is 0 Å². The average molecular weight is 260 g/mol. The lowest BCUT2D eigenvalue weighted by Gasteiger charge is -2.06. The first kappa shape index (κ1) is 12.9. The van der Waals surface area contributed by atoms with Gasteiger partial charge < -0.3 is 9.72 Å². The van der Waals surface area contributed by atoms with E-state index in [1.54, 1.807) is 0 Å². The maximum absolute atomic E-state index is 5.47. The van der Waals surface area contributed by atoms with Crippen molar-refractivity contribution < 1.29 is 4.74 Å². The summed E-state index contributed by atoms with van der Waals surface area (Å²) in [6.45, 7) is 3.28. The van der Waals surface area contributed by atoms with Gasteiger partial charge in [0.1, 0.15) is 17.1 Å². The molecule has 3 nitrogen and oxygen atoms in total. The van der Waals surface area contributed by atoms with Crippen molar-refractivity contribution in [3.8, 4) is 11.3 Å². The highest BCUT2D eigenvalue weighted by Crippen LogP contribution is 2.16. The Balaban J connectivity index is 2.24. The third-order valence-electron chi connectivity index (χ3n) is 2.46. The second-order valence-electron chi connectivity index (χ2n) is 4.00. The summed E-state index contributed by atoms with van der Waals surface area (Å²) in [5.74, 6) is 0.773. The highest BCUT2D eigenvalue weighted by molar-refractivity contribution is 7.71. The van der Waals surface area contributed by atoms with Crippen molar-refractivity contribution in [3.05, 3.63) is 46.9 Å². The summed E-state index contributed by atoms with van der Waals surface area (Å²) in [6, 6.07) is 11.9. The van der Waals surface area contributed by atoms with Gasteiger partial charge >= 0.3 is 0 Å². The van der Waals surface area contributed by atoms with Crippen molar-refractivity contribution in [3.63, 3.8) is 0 Å². The molecule has 0 fully saturated rings. The van der Waals surface area contributed by atoms with E-state index in [2.05, 4.69) is 16.9 Å². The monoisotopic (exact) mass is 260 g/mol. The topological polar surface area (TPSA) is 37.9 Å². The normalized spacial score (nSPS) is 10.5. The van der Waals surface area contributed by atoms with Crippen LogP contribution < -0.4 is 0 Å². The number of benzene rings is 1. The molecule has 2 aromatic rings. The van der Waals surface area contributed by atoms with Crippen LogP contribution in [-0.4, -0.2) is 16.6 Å². The molecular weight excluding hydrogens is 244 g/mol. The fourth-order valence-corrected chi connectivity index (χ4v) is 1.89. The van der Waals surface area contributed by atoms with Crippen LogP contribution in [0.1, 0.15) is 19.2 Å². The Morgan fingerprint density at radius 2 is 2.06 bits per heavy atom. The van der Waals surface area contributed by atoms with Crippen LogP contribution in [0.25, 0.3) is 11.3 Å². The van der Waals surface area contributed by atoms with Gasteiger partial charge in [0.15, 0.2) is 0 Å². The van der Waals surface area contributed by atoms with Gasteiger partial charge in [-0.2, -0.15) is 0 Å². The zero-order valence-corrected chi connectivity index (χ0v) is 11.2. The molecule has 0 saturated carbocycles. The molecule has 1 aromatic heterocycles. The largest absolute Gasteiger partial charge is 0.374 e. The minimum atomic E-state index is 0.470. The average Bonchev–Trinajstić information content (AvgIpc) is 2.39. The van der Waals surface area contributed by atoms with E-state index >= 15 is 0 Å². The molecule has 0 atom stereocenters. The SMILES string of the molecule is CCCOCc1nc(=S)cc(-c2ccccc2)[nH]1. The lowest BCUT2D eigenvalue weighted by molar-refractivity contribution is 0.116. The molecule has 2 rings (SSSR count). The Bertz CT molecular complexity index is 551. The van der Waals surface area contributed by atoms with Crippen molar-refractivity contribution in [1.82, 2.24) is 9.97 Å². The Labute approximate surface area is 112 Å². The minimum Gasteiger partial charge on any atom is -0.374 e. The molecule has 1 heterocycles. The smallest absolute Gasteiger partial charge is 0.134 e. The van der Waals surface area contributed by atoms with Crippen LogP contribution in [0, 0.1) is 4.64 Å². The molecule has 0 bridgehead atoms. The summed E-state index contributed by atoms with van der Waals surface area (Å²) in [5, 5.41) is 0. The summed E-state index contributed by atoms with van der Waals surface area (Å²) in [6.07, 6.45) is 0.999. The molecule has 1 N–H and O–H groups in total. The summed E-state index contributed by atoms with van der Waals surface area (Å²) in [7, 11) is 0. The standard InChI is InChI=1S/C14H16N2OS/c1-2-8-17-10-13-15-12(9-14(18)16-13)11-6-4-3-5-7-11/h3-7,9H,2,8,10H2,1H3,(H,15,16,18). The van der Waals surface area contributed by atoms with Crippen molar-refractivity contribution in [2.75, 3.05) is 6.61 Å². The second-order valence-corrected chi connectivity index (χ2v) is 4.42. The minimum absolute atomic E-state index is 0.470. The third-order valence-corrected chi connectivity index (χ3v) is 2.67. The van der Waals surface area contributed by atoms with Crippen LogP contribution in [0.5, 0.6) is 0 Å². The molecule has 0 unspecified atom stereocenters. The molecule has 0 aliphatic heterocycles. The zero-order chi connectivity index (χ0) is 12.8. The van der Waals surface area contributed by atoms with Gasteiger partial charge in [0.25, 0.3) is 0 Å². The van der Waals surface area contributed by atoms with E-state index in [0.717, 1.165) is 30.1 Å². The summed E-state index contributed by atoms with van der Waals surface area (Å²) in [5.41, 5.74) is 2.08. The van der Waals surface area contributed by atoms with Crippen LogP contribution in [0.2, 0.25) is 0 Å². The van der Waals surface area contributed by atoms with Crippen LogP contribution in [-0.2, 0) is 11.3 Å². The molecule has 18 heavy (non-hydrogen) atoms. The lowest BCUT2D eigenvalue weighted by Crippen LogP contribution is -2.01. The van der Waals surface area contributed by atoms with Gasteiger partial charge in [-0.05, 0) is 18.1 Å². The van der Waals surface area contributed by atoms with Gasteiger partial charge in [0.05, 0.1) is 0 Å². The van der Waals surface area contributed by atoms with Gasteiger partial charge in [-0.1, -0.05) is 49.5 Å². The Morgan fingerprint density at radius 1 is 1.28 bits per heavy atom. The number of hydrogen-bond donors (Lipinski definition) is 1. The van der Waals surface area contributed by atoms with Gasteiger partial charge in [-0.3, -0.25) is 0 Å². The molecule has 0 saturated heterocycles. The summed E-state index contributed by atoms with van der Waals surface area (Å²) >= 11 is 5.18. The Hall–Kier alpha value is -1.52. The number of nitrogens with one attached hydrogen (secondary N) is 1. The second kappa shape index (κ2) is 6.42. The predicted octanol–water partition coefficient (Wildman–Crippen LogP) is 3.73. The predicted molar refractivity (Wildman–Crippen MR) is 74.8 cm³/mol. The lowest BCUT2D eigenvalue weighted by atomic mass is 10.1. The van der Waals surface area contributed by atoms with E-state index in [1.807, 2.05) is 36.4 Å². The molecular formula is C14H16N2OS. The fraction of sp³-hybridized carbons (Fsp3) is 0.286. The van der Waals surface area contributed by atoms with Gasteiger partial charge in [-0.25, -0.2) is 4.98 Å². The highest BCUT2D eigenvalue weighted by atomic mass is 32.1. The molecule has 0 spiro atoms. The van der Waals surface area contributed by atoms with E-state index < -0.39 is 0 Å². The number of H-pyrrole nitrogens is 1. The van der Waals surface area contributed by atoms with E-state index in [1.165, 1.54) is 0 Å². The van der Waals surface area contributed by atoms with E-state index in [-0.39, 0.29) is 0 Å². The quantitative estimate of drug-likeness (QED) is 0.657. The molecule has 4 heteroatoms. The number of aromatic nitrogens is 2. The van der Waals surface area contributed by atoms with Crippen molar-refractivity contribution >= 4 is 12.2 Å². The molecule has 0 amide bonds. The van der Waals surface area contributed by atoms with Crippen molar-refractivity contribution in [2.45, 2.75) is 20.0 Å². The molecule has 0 aliphatic rings. The van der Waals surface area contributed by atoms with Gasteiger partial charge in [-0.15, -0.1) is 0 Å². The molecule has 0 radical (unpaired) electrons. The number of nitrogens with zero attached hydrogens (tertiary/aromatic N) is 1. The fourth-order valence-electron chi connectivity index (χ4n) is 1.66. The highest BCUT2D eigenvalue weighted by Gasteiger charge is 2.01. The van der Waals surface area contributed by atoms with Crippen LogP contribution in [0.4, 0.5) is 0 Å². The number of aromatic amines is 1.